The van der Waals surface area contributed by atoms with E-state index in [0.29, 0.717) is 15.6 Å². The zero-order valence-corrected chi connectivity index (χ0v) is 14.3. The number of rotatable bonds is 2. The molecule has 0 saturated heterocycles. The van der Waals surface area contributed by atoms with Crippen molar-refractivity contribution in [3.8, 4) is 0 Å². The average molecular weight is 379 g/mol. The summed E-state index contributed by atoms with van der Waals surface area (Å²) >= 11 is 9.15. The largest absolute Gasteiger partial charge is 0.298 e. The van der Waals surface area contributed by atoms with Gasteiger partial charge in [-0.1, -0.05) is 33.3 Å². The molecule has 0 aliphatic rings. The average Bonchev–Trinajstić information content (AvgIpc) is 2.79. The van der Waals surface area contributed by atoms with Gasteiger partial charge in [-0.2, -0.15) is 0 Å². The molecule has 0 unspecified atom stereocenters. The van der Waals surface area contributed by atoms with E-state index in [1.54, 1.807) is 12.1 Å². The van der Waals surface area contributed by atoms with Crippen LogP contribution in [0.2, 0.25) is 0 Å². The molecule has 3 nitrogen and oxygen atoms in total. The Kier molecular flexibility index (Phi) is 4.01. The number of benzene rings is 2. The molecule has 0 fully saturated rings. The highest BCUT2D eigenvalue weighted by Crippen LogP contribution is 2.28. The molecule has 3 rings (SSSR count). The predicted molar refractivity (Wildman–Crippen MR) is 93.7 cm³/mol. The van der Waals surface area contributed by atoms with E-state index >= 15 is 0 Å². The standard InChI is InChI=1S/C15H11BrN2OS2/c1-8-2-5-11-13(6-8)21-15(17-11)18-14(19)10-4-3-9(16)7-12(10)20/h2-7,20H,1H3,(H,17,18,19). The van der Waals surface area contributed by atoms with Gasteiger partial charge in [0.15, 0.2) is 5.13 Å². The number of amides is 1. The Bertz CT molecular complexity index is 845. The van der Waals surface area contributed by atoms with E-state index < -0.39 is 0 Å². The Balaban J connectivity index is 1.89. The molecular formula is C15H11BrN2OS2. The van der Waals surface area contributed by atoms with Crippen LogP contribution in [0.25, 0.3) is 10.2 Å². The molecule has 3 aromatic rings. The smallest absolute Gasteiger partial charge is 0.258 e. The number of hydrogen-bond acceptors (Lipinski definition) is 4. The Hall–Kier alpha value is -1.37. The molecule has 106 valence electrons. The molecule has 6 heteroatoms. The number of halogens is 1. The molecule has 0 bridgehead atoms. The highest BCUT2D eigenvalue weighted by atomic mass is 79.9. The summed E-state index contributed by atoms with van der Waals surface area (Å²) in [5.41, 5.74) is 2.59. The minimum absolute atomic E-state index is 0.205. The van der Waals surface area contributed by atoms with Gasteiger partial charge in [-0.05, 0) is 42.8 Å². The summed E-state index contributed by atoms with van der Waals surface area (Å²) in [5.74, 6) is -0.205. The van der Waals surface area contributed by atoms with Gasteiger partial charge in [0.25, 0.3) is 5.91 Å². The molecule has 0 aliphatic carbocycles. The number of fused-ring (bicyclic) bond motifs is 1. The van der Waals surface area contributed by atoms with Crippen LogP contribution < -0.4 is 5.32 Å². The van der Waals surface area contributed by atoms with Gasteiger partial charge in [-0.15, -0.1) is 12.6 Å². The van der Waals surface area contributed by atoms with E-state index in [9.17, 15) is 4.79 Å². The van der Waals surface area contributed by atoms with Gasteiger partial charge in [-0.3, -0.25) is 10.1 Å². The van der Waals surface area contributed by atoms with Crippen LogP contribution in [0.5, 0.6) is 0 Å². The number of thiol groups is 1. The van der Waals surface area contributed by atoms with Crippen LogP contribution in [0.15, 0.2) is 45.8 Å². The molecule has 2 aromatic carbocycles. The van der Waals surface area contributed by atoms with Gasteiger partial charge in [-0.25, -0.2) is 4.98 Å². The normalized spacial score (nSPS) is 10.8. The number of carbonyl (C=O) groups excluding carboxylic acids is 1. The maximum atomic E-state index is 12.3. The number of aryl methyl sites for hydroxylation is 1. The molecule has 0 saturated carbocycles. The van der Waals surface area contributed by atoms with Crippen molar-refractivity contribution in [1.29, 1.82) is 0 Å². The lowest BCUT2D eigenvalue weighted by molar-refractivity contribution is 0.102. The number of thiazole rings is 1. The van der Waals surface area contributed by atoms with Gasteiger partial charge < -0.3 is 0 Å². The molecule has 21 heavy (non-hydrogen) atoms. The van der Waals surface area contributed by atoms with E-state index in [4.69, 9.17) is 0 Å². The number of carbonyl (C=O) groups is 1. The lowest BCUT2D eigenvalue weighted by Gasteiger charge is -2.04. The SMILES string of the molecule is Cc1ccc2nc(NC(=O)c3ccc(Br)cc3S)sc2c1. The number of anilines is 1. The van der Waals surface area contributed by atoms with Crippen LogP contribution in [0.3, 0.4) is 0 Å². The van der Waals surface area contributed by atoms with E-state index in [0.717, 1.165) is 14.7 Å². The summed E-state index contributed by atoms with van der Waals surface area (Å²) in [4.78, 5) is 17.3. The number of aromatic nitrogens is 1. The molecular weight excluding hydrogens is 368 g/mol. The third-order valence-corrected chi connectivity index (χ3v) is 4.77. The first-order valence-electron chi connectivity index (χ1n) is 6.20. The highest BCUT2D eigenvalue weighted by molar-refractivity contribution is 9.10. The second-order valence-electron chi connectivity index (χ2n) is 4.61. The molecule has 0 aliphatic heterocycles. The van der Waals surface area contributed by atoms with Gasteiger partial charge in [0.1, 0.15) is 0 Å². The van der Waals surface area contributed by atoms with E-state index in [1.807, 2.05) is 25.1 Å². The fourth-order valence-corrected chi connectivity index (χ4v) is 3.76. The van der Waals surface area contributed by atoms with Gasteiger partial charge >= 0.3 is 0 Å². The summed E-state index contributed by atoms with van der Waals surface area (Å²) in [5, 5.41) is 3.43. The Morgan fingerprint density at radius 2 is 2.10 bits per heavy atom. The van der Waals surface area contributed by atoms with Crippen molar-refractivity contribution in [2.75, 3.05) is 5.32 Å². The summed E-state index contributed by atoms with van der Waals surface area (Å²) in [7, 11) is 0. The third-order valence-electron chi connectivity index (χ3n) is 2.97. The number of hydrogen-bond donors (Lipinski definition) is 2. The van der Waals surface area contributed by atoms with Crippen LogP contribution >= 0.6 is 39.9 Å². The number of nitrogens with zero attached hydrogens (tertiary/aromatic N) is 1. The van der Waals surface area contributed by atoms with Crippen LogP contribution in [0, 0.1) is 6.92 Å². The molecule has 0 radical (unpaired) electrons. The second-order valence-corrected chi connectivity index (χ2v) is 7.03. The maximum absolute atomic E-state index is 12.3. The van der Waals surface area contributed by atoms with E-state index in [2.05, 4.69) is 44.9 Å². The van der Waals surface area contributed by atoms with Crippen molar-refractivity contribution >= 4 is 61.2 Å². The first kappa shape index (κ1) is 14.6. The Morgan fingerprint density at radius 3 is 2.86 bits per heavy atom. The van der Waals surface area contributed by atoms with Gasteiger partial charge in [0.2, 0.25) is 0 Å². The van der Waals surface area contributed by atoms with Crippen LogP contribution in [0.4, 0.5) is 5.13 Å². The fourth-order valence-electron chi connectivity index (χ4n) is 1.95. The quantitative estimate of drug-likeness (QED) is 0.622. The van der Waals surface area contributed by atoms with Crippen molar-refractivity contribution < 1.29 is 4.79 Å². The summed E-state index contributed by atoms with van der Waals surface area (Å²) < 4.78 is 1.95. The molecule has 1 heterocycles. The van der Waals surface area contributed by atoms with Crippen LogP contribution in [-0.2, 0) is 0 Å². The summed E-state index contributed by atoms with van der Waals surface area (Å²) in [6.07, 6.45) is 0. The van der Waals surface area contributed by atoms with Gasteiger partial charge in [0, 0.05) is 9.37 Å². The zero-order valence-electron chi connectivity index (χ0n) is 11.1. The Labute approximate surface area is 139 Å². The summed E-state index contributed by atoms with van der Waals surface area (Å²) in [6, 6.07) is 11.4. The molecule has 0 spiro atoms. The summed E-state index contributed by atoms with van der Waals surface area (Å²) in [6.45, 7) is 2.03. The van der Waals surface area contributed by atoms with Crippen molar-refractivity contribution in [3.63, 3.8) is 0 Å². The molecule has 1 N–H and O–H groups in total. The molecule has 1 amide bonds. The maximum Gasteiger partial charge on any atom is 0.258 e. The zero-order chi connectivity index (χ0) is 15.0. The predicted octanol–water partition coefficient (Wildman–Crippen LogP) is 4.91. The minimum Gasteiger partial charge on any atom is -0.298 e. The van der Waals surface area contributed by atoms with Crippen molar-refractivity contribution in [2.24, 2.45) is 0 Å². The first-order valence-corrected chi connectivity index (χ1v) is 8.25. The monoisotopic (exact) mass is 378 g/mol. The third kappa shape index (κ3) is 3.12. The minimum atomic E-state index is -0.205. The van der Waals surface area contributed by atoms with Crippen LogP contribution in [-0.4, -0.2) is 10.9 Å². The lowest BCUT2D eigenvalue weighted by Crippen LogP contribution is -2.12. The van der Waals surface area contributed by atoms with Crippen LogP contribution in [0.1, 0.15) is 15.9 Å². The lowest BCUT2D eigenvalue weighted by atomic mass is 10.2. The van der Waals surface area contributed by atoms with E-state index in [-0.39, 0.29) is 5.91 Å². The molecule has 0 atom stereocenters. The second kappa shape index (κ2) is 5.79. The van der Waals surface area contributed by atoms with Crippen molar-refractivity contribution in [1.82, 2.24) is 4.98 Å². The van der Waals surface area contributed by atoms with Gasteiger partial charge in [0.05, 0.1) is 15.8 Å². The molecule has 1 aromatic heterocycles. The van der Waals surface area contributed by atoms with Crippen molar-refractivity contribution in [2.45, 2.75) is 11.8 Å². The first-order chi connectivity index (χ1) is 10.0. The topological polar surface area (TPSA) is 42.0 Å². The van der Waals surface area contributed by atoms with Crippen molar-refractivity contribution in [3.05, 3.63) is 52.0 Å². The Morgan fingerprint density at radius 1 is 1.29 bits per heavy atom. The number of nitrogens with one attached hydrogen (secondary N) is 1. The van der Waals surface area contributed by atoms with E-state index in [1.165, 1.54) is 16.9 Å². The fraction of sp³-hybridized carbons (Fsp3) is 0.0667. The highest BCUT2D eigenvalue weighted by Gasteiger charge is 2.12.